The van der Waals surface area contributed by atoms with E-state index in [1.165, 1.54) is 0 Å². The number of aromatic nitrogens is 2. The summed E-state index contributed by atoms with van der Waals surface area (Å²) in [5.41, 5.74) is 1.78. The Hall–Kier alpha value is -1.20. The summed E-state index contributed by atoms with van der Waals surface area (Å²) < 4.78 is 0. The van der Waals surface area contributed by atoms with E-state index in [0.29, 0.717) is 0 Å². The van der Waals surface area contributed by atoms with Gasteiger partial charge in [0.05, 0.1) is 11.2 Å². The van der Waals surface area contributed by atoms with E-state index in [4.69, 9.17) is 4.98 Å². The SMILES string of the molecule is CC(C)(c1nc2c(c(=O)[nH]1)CCC2)N1CCNCC1. The molecule has 104 valence electrons. The summed E-state index contributed by atoms with van der Waals surface area (Å²) in [6, 6.07) is 0. The fourth-order valence-corrected chi connectivity index (χ4v) is 3.11. The average molecular weight is 262 g/mol. The standard InChI is InChI=1S/C14H22N4O/c1-14(2,18-8-6-15-7-9-18)13-16-11-5-3-4-10(11)12(19)17-13/h15H,3-9H2,1-2H3,(H,16,17,19). The Morgan fingerprint density at radius 2 is 1.95 bits per heavy atom. The van der Waals surface area contributed by atoms with Crippen LogP contribution in [0.5, 0.6) is 0 Å². The number of nitrogens with one attached hydrogen (secondary N) is 2. The molecular weight excluding hydrogens is 240 g/mol. The normalized spacial score (nSPS) is 20.5. The number of H-pyrrole nitrogens is 1. The van der Waals surface area contributed by atoms with Gasteiger partial charge in [-0.3, -0.25) is 9.69 Å². The molecule has 1 fully saturated rings. The van der Waals surface area contributed by atoms with E-state index in [-0.39, 0.29) is 11.1 Å². The molecule has 0 amide bonds. The number of fused-ring (bicyclic) bond motifs is 1. The number of piperazine rings is 1. The van der Waals surface area contributed by atoms with Gasteiger partial charge in [-0.25, -0.2) is 4.98 Å². The molecule has 1 saturated heterocycles. The highest BCUT2D eigenvalue weighted by atomic mass is 16.1. The second-order valence-electron chi connectivity index (χ2n) is 5.99. The van der Waals surface area contributed by atoms with Crippen molar-refractivity contribution in [2.45, 2.75) is 38.6 Å². The molecule has 0 bridgehead atoms. The Bertz CT molecular complexity index is 529. The molecule has 1 aliphatic carbocycles. The minimum Gasteiger partial charge on any atom is -0.314 e. The van der Waals surface area contributed by atoms with Crippen LogP contribution in [0.15, 0.2) is 4.79 Å². The second kappa shape index (κ2) is 4.72. The summed E-state index contributed by atoms with van der Waals surface area (Å²) in [5, 5.41) is 3.36. The van der Waals surface area contributed by atoms with Gasteiger partial charge in [0.1, 0.15) is 5.82 Å². The van der Waals surface area contributed by atoms with Gasteiger partial charge in [0.25, 0.3) is 5.56 Å². The Morgan fingerprint density at radius 1 is 1.21 bits per heavy atom. The Morgan fingerprint density at radius 3 is 2.68 bits per heavy atom. The molecule has 0 saturated carbocycles. The van der Waals surface area contributed by atoms with Gasteiger partial charge in [-0.1, -0.05) is 0 Å². The number of hydrogen-bond donors (Lipinski definition) is 2. The van der Waals surface area contributed by atoms with Crippen molar-refractivity contribution in [1.82, 2.24) is 20.2 Å². The zero-order valence-electron chi connectivity index (χ0n) is 11.8. The van der Waals surface area contributed by atoms with Crippen molar-refractivity contribution in [2.75, 3.05) is 26.2 Å². The van der Waals surface area contributed by atoms with E-state index in [9.17, 15) is 4.79 Å². The molecule has 19 heavy (non-hydrogen) atoms. The quantitative estimate of drug-likeness (QED) is 0.810. The van der Waals surface area contributed by atoms with E-state index in [1.807, 2.05) is 0 Å². The van der Waals surface area contributed by atoms with E-state index < -0.39 is 0 Å². The van der Waals surface area contributed by atoms with Gasteiger partial charge in [0.15, 0.2) is 0 Å². The lowest BCUT2D eigenvalue weighted by molar-refractivity contribution is 0.0943. The summed E-state index contributed by atoms with van der Waals surface area (Å²) in [6.45, 7) is 8.29. The van der Waals surface area contributed by atoms with Gasteiger partial charge in [-0.2, -0.15) is 0 Å². The summed E-state index contributed by atoms with van der Waals surface area (Å²) in [6.07, 6.45) is 2.89. The second-order valence-corrected chi connectivity index (χ2v) is 5.99. The van der Waals surface area contributed by atoms with E-state index >= 15 is 0 Å². The molecule has 5 heteroatoms. The number of aromatic amines is 1. The molecule has 5 nitrogen and oxygen atoms in total. The fourth-order valence-electron chi connectivity index (χ4n) is 3.11. The summed E-state index contributed by atoms with van der Waals surface area (Å²) >= 11 is 0. The first kappa shape index (κ1) is 12.8. The number of aryl methyl sites for hydroxylation is 1. The minimum atomic E-state index is -0.209. The highest BCUT2D eigenvalue weighted by molar-refractivity contribution is 5.24. The van der Waals surface area contributed by atoms with Gasteiger partial charge in [-0.05, 0) is 33.1 Å². The lowest BCUT2D eigenvalue weighted by Gasteiger charge is -2.40. The van der Waals surface area contributed by atoms with E-state index in [0.717, 1.165) is 62.5 Å². The largest absolute Gasteiger partial charge is 0.314 e. The zero-order valence-corrected chi connectivity index (χ0v) is 11.8. The van der Waals surface area contributed by atoms with Crippen LogP contribution in [0.4, 0.5) is 0 Å². The average Bonchev–Trinajstić information content (AvgIpc) is 2.88. The molecule has 1 aromatic heterocycles. The van der Waals surface area contributed by atoms with E-state index in [1.54, 1.807) is 0 Å². The lowest BCUT2D eigenvalue weighted by Crippen LogP contribution is -2.52. The third-order valence-corrected chi connectivity index (χ3v) is 4.43. The molecule has 0 unspecified atom stereocenters. The third kappa shape index (κ3) is 2.21. The van der Waals surface area contributed by atoms with Crippen LogP contribution >= 0.6 is 0 Å². The molecule has 0 atom stereocenters. The Labute approximate surface area is 113 Å². The van der Waals surface area contributed by atoms with Gasteiger partial charge in [0.2, 0.25) is 0 Å². The fraction of sp³-hybridized carbons (Fsp3) is 0.714. The zero-order chi connectivity index (χ0) is 13.5. The molecular formula is C14H22N4O. The molecule has 2 N–H and O–H groups in total. The third-order valence-electron chi connectivity index (χ3n) is 4.43. The van der Waals surface area contributed by atoms with Crippen molar-refractivity contribution in [2.24, 2.45) is 0 Å². The van der Waals surface area contributed by atoms with Crippen LogP contribution in [0.2, 0.25) is 0 Å². The summed E-state index contributed by atoms with van der Waals surface area (Å²) in [4.78, 5) is 22.3. The Kier molecular flexibility index (Phi) is 3.19. The van der Waals surface area contributed by atoms with Gasteiger partial charge in [0, 0.05) is 31.7 Å². The predicted octanol–water partition coefficient (Wildman–Crippen LogP) is 0.399. The molecule has 2 aliphatic rings. The molecule has 3 rings (SSSR count). The molecule has 2 heterocycles. The van der Waals surface area contributed by atoms with Crippen molar-refractivity contribution in [1.29, 1.82) is 0 Å². The number of nitrogens with zero attached hydrogens (tertiary/aromatic N) is 2. The molecule has 0 radical (unpaired) electrons. The van der Waals surface area contributed by atoms with Crippen LogP contribution in [-0.4, -0.2) is 41.0 Å². The monoisotopic (exact) mass is 262 g/mol. The maximum Gasteiger partial charge on any atom is 0.254 e. The van der Waals surface area contributed by atoms with Gasteiger partial charge in [-0.15, -0.1) is 0 Å². The van der Waals surface area contributed by atoms with Crippen LogP contribution in [0, 0.1) is 0 Å². The first-order chi connectivity index (χ1) is 9.09. The Balaban J connectivity index is 1.96. The highest BCUT2D eigenvalue weighted by Gasteiger charge is 2.33. The van der Waals surface area contributed by atoms with Gasteiger partial charge >= 0.3 is 0 Å². The van der Waals surface area contributed by atoms with Crippen LogP contribution in [0.1, 0.15) is 37.4 Å². The first-order valence-corrected chi connectivity index (χ1v) is 7.17. The van der Waals surface area contributed by atoms with Crippen LogP contribution in [0.3, 0.4) is 0 Å². The molecule has 0 aromatic carbocycles. The highest BCUT2D eigenvalue weighted by Crippen LogP contribution is 2.26. The molecule has 1 aliphatic heterocycles. The van der Waals surface area contributed by atoms with Crippen molar-refractivity contribution in [3.8, 4) is 0 Å². The van der Waals surface area contributed by atoms with Crippen LogP contribution in [0.25, 0.3) is 0 Å². The predicted molar refractivity (Wildman–Crippen MR) is 74.4 cm³/mol. The number of rotatable bonds is 2. The maximum absolute atomic E-state index is 12.1. The first-order valence-electron chi connectivity index (χ1n) is 7.17. The van der Waals surface area contributed by atoms with Crippen molar-refractivity contribution in [3.05, 3.63) is 27.4 Å². The topological polar surface area (TPSA) is 61.0 Å². The summed E-state index contributed by atoms with van der Waals surface area (Å²) in [7, 11) is 0. The number of hydrogen-bond acceptors (Lipinski definition) is 4. The van der Waals surface area contributed by atoms with Crippen molar-refractivity contribution < 1.29 is 0 Å². The van der Waals surface area contributed by atoms with Crippen LogP contribution in [-0.2, 0) is 18.4 Å². The maximum atomic E-state index is 12.1. The van der Waals surface area contributed by atoms with Crippen molar-refractivity contribution in [3.63, 3.8) is 0 Å². The lowest BCUT2D eigenvalue weighted by atomic mass is 10.00. The smallest absolute Gasteiger partial charge is 0.254 e. The van der Waals surface area contributed by atoms with Crippen molar-refractivity contribution >= 4 is 0 Å². The minimum absolute atomic E-state index is 0.0701. The molecule has 0 spiro atoms. The molecule has 1 aromatic rings. The van der Waals surface area contributed by atoms with Crippen LogP contribution < -0.4 is 10.9 Å². The van der Waals surface area contributed by atoms with Gasteiger partial charge < -0.3 is 10.3 Å². The van der Waals surface area contributed by atoms with E-state index in [2.05, 4.69) is 29.0 Å². The summed E-state index contributed by atoms with van der Waals surface area (Å²) in [5.74, 6) is 0.819.